The van der Waals surface area contributed by atoms with E-state index < -0.39 is 32.6 Å². The SMILES string of the molecule is COc1cccc(OC)c1-n1c(CS(=O)(=O)[C@@H](C)[C@H](C)c2ncc(F)cn2)nnc1-c1cccc(-c2ccccc2)n1. The number of aromatic nitrogens is 6. The lowest BCUT2D eigenvalue weighted by molar-refractivity contribution is 0.390. The average Bonchev–Trinajstić information content (AvgIpc) is 3.42. The van der Waals surface area contributed by atoms with Crippen molar-refractivity contribution in [2.24, 2.45) is 0 Å². The second-order valence-electron chi connectivity index (χ2n) is 9.62. The number of rotatable bonds is 10. The molecule has 0 saturated heterocycles. The van der Waals surface area contributed by atoms with Crippen LogP contribution >= 0.6 is 0 Å². The fourth-order valence-electron chi connectivity index (χ4n) is 4.58. The molecule has 216 valence electrons. The summed E-state index contributed by atoms with van der Waals surface area (Å²) in [6, 6.07) is 20.4. The molecule has 0 aliphatic heterocycles. The summed E-state index contributed by atoms with van der Waals surface area (Å²) in [7, 11) is -0.833. The van der Waals surface area contributed by atoms with Crippen LogP contribution in [0, 0.1) is 5.82 Å². The summed E-state index contributed by atoms with van der Waals surface area (Å²) in [5.74, 6) is -0.158. The smallest absolute Gasteiger partial charge is 0.187 e. The van der Waals surface area contributed by atoms with Crippen LogP contribution in [0.1, 0.15) is 31.4 Å². The van der Waals surface area contributed by atoms with E-state index in [1.54, 1.807) is 42.7 Å². The molecule has 2 atom stereocenters. The Labute approximate surface area is 243 Å². The molecule has 0 aliphatic carbocycles. The molecule has 2 aromatic carbocycles. The lowest BCUT2D eigenvalue weighted by Gasteiger charge is -2.20. The molecule has 3 heterocycles. The first-order chi connectivity index (χ1) is 20.2. The Bertz CT molecular complexity index is 1770. The van der Waals surface area contributed by atoms with Gasteiger partial charge in [-0.15, -0.1) is 10.2 Å². The predicted octanol–water partition coefficient (Wildman–Crippen LogP) is 5.05. The number of halogens is 1. The normalized spacial score (nSPS) is 13.0. The van der Waals surface area contributed by atoms with Crippen LogP contribution in [0.4, 0.5) is 4.39 Å². The average molecular weight is 589 g/mol. The first-order valence-electron chi connectivity index (χ1n) is 13.1. The summed E-state index contributed by atoms with van der Waals surface area (Å²) in [5, 5.41) is 7.83. The van der Waals surface area contributed by atoms with Gasteiger partial charge in [0.1, 0.15) is 34.5 Å². The maximum atomic E-state index is 13.8. The quantitative estimate of drug-likeness (QED) is 0.221. The van der Waals surface area contributed by atoms with Gasteiger partial charge in [-0.2, -0.15) is 0 Å². The number of nitrogens with zero attached hydrogens (tertiary/aromatic N) is 6. The highest BCUT2D eigenvalue weighted by atomic mass is 32.2. The molecule has 0 aliphatic rings. The third kappa shape index (κ3) is 5.70. The van der Waals surface area contributed by atoms with Crippen molar-refractivity contribution in [2.45, 2.75) is 30.8 Å². The topological polar surface area (TPSA) is 122 Å². The van der Waals surface area contributed by atoms with Gasteiger partial charge in [-0.3, -0.25) is 4.57 Å². The number of sulfone groups is 1. The van der Waals surface area contributed by atoms with E-state index >= 15 is 0 Å². The third-order valence-electron chi connectivity index (χ3n) is 7.05. The zero-order valence-electron chi connectivity index (χ0n) is 23.5. The Hall–Kier alpha value is -4.71. The molecule has 5 rings (SSSR count). The van der Waals surface area contributed by atoms with Crippen LogP contribution in [0.2, 0.25) is 0 Å². The van der Waals surface area contributed by atoms with Crippen LogP contribution in [-0.2, 0) is 15.6 Å². The van der Waals surface area contributed by atoms with Crippen molar-refractivity contribution in [1.82, 2.24) is 29.7 Å². The number of methoxy groups -OCH3 is 2. The van der Waals surface area contributed by atoms with E-state index in [0.29, 0.717) is 34.4 Å². The van der Waals surface area contributed by atoms with Crippen molar-refractivity contribution in [3.63, 3.8) is 0 Å². The highest BCUT2D eigenvalue weighted by Crippen LogP contribution is 2.37. The van der Waals surface area contributed by atoms with E-state index in [2.05, 4.69) is 20.2 Å². The molecule has 42 heavy (non-hydrogen) atoms. The van der Waals surface area contributed by atoms with Crippen LogP contribution < -0.4 is 9.47 Å². The number of ether oxygens (including phenoxy) is 2. The largest absolute Gasteiger partial charge is 0.494 e. The lowest BCUT2D eigenvalue weighted by atomic mass is 10.1. The highest BCUT2D eigenvalue weighted by Gasteiger charge is 2.33. The first-order valence-corrected chi connectivity index (χ1v) is 14.8. The number of hydrogen-bond acceptors (Lipinski definition) is 9. The van der Waals surface area contributed by atoms with Gasteiger partial charge in [0, 0.05) is 11.5 Å². The Kier molecular flexibility index (Phi) is 8.25. The monoisotopic (exact) mass is 588 g/mol. The molecular weight excluding hydrogens is 559 g/mol. The van der Waals surface area contributed by atoms with E-state index in [-0.39, 0.29) is 11.6 Å². The minimum atomic E-state index is -3.86. The Morgan fingerprint density at radius 1 is 0.833 bits per heavy atom. The van der Waals surface area contributed by atoms with Crippen molar-refractivity contribution in [1.29, 1.82) is 0 Å². The molecular formula is C30H29FN6O4S. The molecule has 0 N–H and O–H groups in total. The highest BCUT2D eigenvalue weighted by molar-refractivity contribution is 7.91. The standard InChI is InChI=1S/C30H29FN6O4S/c1-19(29-32-16-22(31)17-33-29)20(2)42(38,39)18-27-35-36-30(37(27)28-25(40-3)14-9-15-26(28)41-4)24-13-8-12-23(34-24)21-10-6-5-7-11-21/h5-17,19-20H,18H2,1-4H3/t19-,20-/m0/s1. The molecule has 3 aromatic heterocycles. The van der Waals surface area contributed by atoms with Gasteiger partial charge in [0.2, 0.25) is 0 Å². The van der Waals surface area contributed by atoms with Gasteiger partial charge in [-0.25, -0.2) is 27.8 Å². The van der Waals surface area contributed by atoms with Crippen LogP contribution in [0.3, 0.4) is 0 Å². The van der Waals surface area contributed by atoms with E-state index in [4.69, 9.17) is 14.5 Å². The predicted molar refractivity (Wildman–Crippen MR) is 156 cm³/mol. The molecule has 0 unspecified atom stereocenters. The molecule has 0 radical (unpaired) electrons. The second-order valence-corrected chi connectivity index (χ2v) is 12.0. The molecule has 0 fully saturated rings. The van der Waals surface area contributed by atoms with Gasteiger partial charge in [0.05, 0.1) is 37.6 Å². The van der Waals surface area contributed by atoms with Crippen molar-refractivity contribution in [2.75, 3.05) is 14.2 Å². The van der Waals surface area contributed by atoms with Gasteiger partial charge in [0.25, 0.3) is 0 Å². The minimum Gasteiger partial charge on any atom is -0.494 e. The molecule has 0 saturated carbocycles. The summed E-state index contributed by atoms with van der Waals surface area (Å²) in [6.45, 7) is 3.26. The second kappa shape index (κ2) is 12.0. The number of hydrogen-bond donors (Lipinski definition) is 0. The van der Waals surface area contributed by atoms with Gasteiger partial charge in [0.15, 0.2) is 27.3 Å². The molecule has 0 amide bonds. The van der Waals surface area contributed by atoms with Crippen molar-refractivity contribution >= 4 is 9.84 Å². The maximum absolute atomic E-state index is 13.8. The van der Waals surface area contributed by atoms with Crippen LogP contribution in [0.5, 0.6) is 11.5 Å². The van der Waals surface area contributed by atoms with Crippen molar-refractivity contribution in [3.05, 3.63) is 96.6 Å². The zero-order valence-corrected chi connectivity index (χ0v) is 24.3. The summed E-state index contributed by atoms with van der Waals surface area (Å²) >= 11 is 0. The van der Waals surface area contributed by atoms with Crippen LogP contribution in [-0.4, -0.2) is 57.6 Å². The van der Waals surface area contributed by atoms with E-state index in [9.17, 15) is 12.8 Å². The van der Waals surface area contributed by atoms with Crippen LogP contribution in [0.15, 0.2) is 79.1 Å². The van der Waals surface area contributed by atoms with Crippen LogP contribution in [0.25, 0.3) is 28.5 Å². The fraction of sp³-hybridized carbons (Fsp3) is 0.233. The van der Waals surface area contributed by atoms with Gasteiger partial charge in [-0.1, -0.05) is 49.4 Å². The minimum absolute atomic E-state index is 0.138. The lowest BCUT2D eigenvalue weighted by Crippen LogP contribution is -2.27. The molecule has 5 aromatic rings. The number of pyridine rings is 1. The number of para-hydroxylation sites is 1. The first kappa shape index (κ1) is 28.8. The van der Waals surface area contributed by atoms with Gasteiger partial charge < -0.3 is 9.47 Å². The van der Waals surface area contributed by atoms with Crippen molar-refractivity contribution in [3.8, 4) is 40.0 Å². The number of benzene rings is 2. The van der Waals surface area contributed by atoms with Gasteiger partial charge in [-0.05, 0) is 31.2 Å². The van der Waals surface area contributed by atoms with E-state index in [0.717, 1.165) is 18.0 Å². The Morgan fingerprint density at radius 2 is 1.45 bits per heavy atom. The summed E-state index contributed by atoms with van der Waals surface area (Å²) in [5.41, 5.74) is 2.53. The fourth-order valence-corrected chi connectivity index (χ4v) is 6.13. The molecule has 10 nitrogen and oxygen atoms in total. The maximum Gasteiger partial charge on any atom is 0.187 e. The van der Waals surface area contributed by atoms with E-state index in [1.165, 1.54) is 14.2 Å². The Morgan fingerprint density at radius 3 is 2.10 bits per heavy atom. The molecule has 12 heteroatoms. The zero-order chi connectivity index (χ0) is 29.9. The Balaban J connectivity index is 1.63. The van der Waals surface area contributed by atoms with E-state index in [1.807, 2.05) is 42.5 Å². The molecule has 0 bridgehead atoms. The van der Waals surface area contributed by atoms with Gasteiger partial charge >= 0.3 is 0 Å². The summed E-state index contributed by atoms with van der Waals surface area (Å²) < 4.78 is 53.8. The summed E-state index contributed by atoms with van der Waals surface area (Å²) in [6.07, 6.45) is 2.04. The summed E-state index contributed by atoms with van der Waals surface area (Å²) in [4.78, 5) is 12.8. The third-order valence-corrected chi connectivity index (χ3v) is 9.25. The van der Waals surface area contributed by atoms with Crippen molar-refractivity contribution < 1.29 is 22.3 Å². The molecule has 0 spiro atoms.